The molecule has 2 aliphatic rings. The second-order valence-electron chi connectivity index (χ2n) is 7.21. The molecule has 1 saturated heterocycles. The summed E-state index contributed by atoms with van der Waals surface area (Å²) in [5.41, 5.74) is 3.26. The van der Waals surface area contributed by atoms with Crippen molar-refractivity contribution in [2.24, 2.45) is 5.92 Å². The lowest BCUT2D eigenvalue weighted by Crippen LogP contribution is -2.32. The molecule has 1 aromatic heterocycles. The van der Waals surface area contributed by atoms with Gasteiger partial charge in [-0.25, -0.2) is 9.97 Å². The minimum Gasteiger partial charge on any atom is -0.507 e. The summed E-state index contributed by atoms with van der Waals surface area (Å²) >= 11 is 0. The molecular formula is C20H25N3O. The van der Waals surface area contributed by atoms with Crippen LogP contribution < -0.4 is 4.90 Å². The monoisotopic (exact) mass is 323 g/mol. The molecule has 2 heterocycles. The van der Waals surface area contributed by atoms with Crippen LogP contribution in [0.15, 0.2) is 24.3 Å². The zero-order valence-corrected chi connectivity index (χ0v) is 14.3. The Bertz CT molecular complexity index is 738. The predicted octanol–water partition coefficient (Wildman–Crippen LogP) is 3.96. The van der Waals surface area contributed by atoms with E-state index < -0.39 is 0 Å². The molecule has 1 fully saturated rings. The Hall–Kier alpha value is -2.10. The van der Waals surface area contributed by atoms with Crippen LogP contribution in [0.3, 0.4) is 0 Å². The Morgan fingerprint density at radius 2 is 1.88 bits per heavy atom. The van der Waals surface area contributed by atoms with E-state index in [-0.39, 0.29) is 5.75 Å². The summed E-state index contributed by atoms with van der Waals surface area (Å²) < 4.78 is 0. The van der Waals surface area contributed by atoms with Gasteiger partial charge in [0.15, 0.2) is 5.82 Å². The smallest absolute Gasteiger partial charge is 0.165 e. The predicted molar refractivity (Wildman–Crippen MR) is 96.4 cm³/mol. The fourth-order valence-corrected chi connectivity index (χ4v) is 3.92. The van der Waals surface area contributed by atoms with Crippen LogP contribution in [0, 0.1) is 5.92 Å². The third-order valence-corrected chi connectivity index (χ3v) is 5.30. The summed E-state index contributed by atoms with van der Waals surface area (Å²) in [6, 6.07) is 7.39. The molecule has 4 heteroatoms. The molecule has 0 radical (unpaired) electrons. The van der Waals surface area contributed by atoms with E-state index in [4.69, 9.17) is 9.97 Å². The first-order chi connectivity index (χ1) is 11.7. The molecule has 126 valence electrons. The molecule has 24 heavy (non-hydrogen) atoms. The third kappa shape index (κ3) is 2.85. The van der Waals surface area contributed by atoms with Gasteiger partial charge in [0.1, 0.15) is 11.6 Å². The molecule has 1 aromatic carbocycles. The minimum absolute atomic E-state index is 0.255. The average Bonchev–Trinajstić information content (AvgIpc) is 2.61. The quantitative estimate of drug-likeness (QED) is 0.908. The van der Waals surface area contributed by atoms with Crippen molar-refractivity contribution < 1.29 is 5.11 Å². The lowest BCUT2D eigenvalue weighted by atomic mass is 9.88. The van der Waals surface area contributed by atoms with Gasteiger partial charge < -0.3 is 10.0 Å². The molecule has 4 nitrogen and oxygen atoms in total. The standard InChI is InChI=1S/C20H25N3O/c1-14-9-10-15-17(13-14)21-19(16-7-3-4-8-18(16)24)22-20(15)23-11-5-2-6-12-23/h3-4,7-8,14,24H,2,5-6,9-13H2,1H3. The number of aromatic nitrogens is 2. The van der Waals surface area contributed by atoms with Gasteiger partial charge in [-0.15, -0.1) is 0 Å². The van der Waals surface area contributed by atoms with Crippen LogP contribution in [-0.2, 0) is 12.8 Å². The third-order valence-electron chi connectivity index (χ3n) is 5.30. The number of rotatable bonds is 2. The van der Waals surface area contributed by atoms with E-state index in [9.17, 15) is 5.11 Å². The van der Waals surface area contributed by atoms with E-state index >= 15 is 0 Å². The highest BCUT2D eigenvalue weighted by Crippen LogP contribution is 2.35. The van der Waals surface area contributed by atoms with E-state index in [0.29, 0.717) is 11.7 Å². The summed E-state index contributed by atoms with van der Waals surface area (Å²) in [6.45, 7) is 4.46. The maximum Gasteiger partial charge on any atom is 0.165 e. The Labute approximate surface area is 143 Å². The van der Waals surface area contributed by atoms with Crippen LogP contribution in [0.25, 0.3) is 11.4 Å². The van der Waals surface area contributed by atoms with Gasteiger partial charge in [-0.05, 0) is 56.6 Å². The molecule has 1 unspecified atom stereocenters. The van der Waals surface area contributed by atoms with Gasteiger partial charge in [0.05, 0.1) is 11.3 Å². The van der Waals surface area contributed by atoms with Crippen molar-refractivity contribution in [1.29, 1.82) is 0 Å². The molecule has 1 aliphatic carbocycles. The van der Waals surface area contributed by atoms with Crippen molar-refractivity contribution in [3.05, 3.63) is 35.5 Å². The van der Waals surface area contributed by atoms with Gasteiger partial charge in [-0.2, -0.15) is 0 Å². The summed E-state index contributed by atoms with van der Waals surface area (Å²) in [4.78, 5) is 12.2. The molecule has 0 saturated carbocycles. The zero-order chi connectivity index (χ0) is 16.5. The normalized spacial score (nSPS) is 20.7. The zero-order valence-electron chi connectivity index (χ0n) is 14.3. The molecule has 2 aromatic rings. The molecular weight excluding hydrogens is 298 g/mol. The number of hydrogen-bond donors (Lipinski definition) is 1. The molecule has 1 N–H and O–H groups in total. The number of phenolic OH excluding ortho intramolecular Hbond substituents is 1. The second-order valence-corrected chi connectivity index (χ2v) is 7.21. The van der Waals surface area contributed by atoms with Crippen LogP contribution in [-0.4, -0.2) is 28.2 Å². The van der Waals surface area contributed by atoms with Crippen molar-refractivity contribution in [1.82, 2.24) is 9.97 Å². The SMILES string of the molecule is CC1CCc2c(nc(-c3ccccc3O)nc2N2CCCCC2)C1. The fourth-order valence-electron chi connectivity index (χ4n) is 3.92. The number of benzene rings is 1. The lowest BCUT2D eigenvalue weighted by Gasteiger charge is -2.32. The number of aromatic hydroxyl groups is 1. The van der Waals surface area contributed by atoms with Crippen LogP contribution in [0.4, 0.5) is 5.82 Å². The van der Waals surface area contributed by atoms with Crippen molar-refractivity contribution >= 4 is 5.82 Å². The van der Waals surface area contributed by atoms with Crippen LogP contribution in [0.1, 0.15) is 43.9 Å². The highest BCUT2D eigenvalue weighted by molar-refractivity contribution is 5.66. The van der Waals surface area contributed by atoms with E-state index in [1.54, 1.807) is 6.07 Å². The van der Waals surface area contributed by atoms with Crippen LogP contribution in [0.2, 0.25) is 0 Å². The Morgan fingerprint density at radius 1 is 1.08 bits per heavy atom. The maximum absolute atomic E-state index is 10.2. The van der Waals surface area contributed by atoms with E-state index in [2.05, 4.69) is 11.8 Å². The Kier molecular flexibility index (Phi) is 4.13. The summed E-state index contributed by atoms with van der Waals surface area (Å²) in [6.07, 6.45) is 7.09. The van der Waals surface area contributed by atoms with Gasteiger partial charge in [-0.1, -0.05) is 19.1 Å². The topological polar surface area (TPSA) is 49.3 Å². The summed E-state index contributed by atoms with van der Waals surface area (Å²) in [7, 11) is 0. The first-order valence-electron chi connectivity index (χ1n) is 9.15. The fraction of sp³-hybridized carbons (Fsp3) is 0.500. The van der Waals surface area contributed by atoms with Gasteiger partial charge in [-0.3, -0.25) is 0 Å². The van der Waals surface area contributed by atoms with E-state index in [0.717, 1.165) is 37.3 Å². The van der Waals surface area contributed by atoms with Crippen LogP contribution in [0.5, 0.6) is 5.75 Å². The van der Waals surface area contributed by atoms with Crippen molar-refractivity contribution in [3.63, 3.8) is 0 Å². The maximum atomic E-state index is 10.2. The van der Waals surface area contributed by atoms with E-state index in [1.807, 2.05) is 18.2 Å². The van der Waals surface area contributed by atoms with Crippen molar-refractivity contribution in [2.75, 3.05) is 18.0 Å². The second kappa shape index (κ2) is 6.42. The number of hydrogen-bond acceptors (Lipinski definition) is 4. The Morgan fingerprint density at radius 3 is 2.67 bits per heavy atom. The largest absolute Gasteiger partial charge is 0.507 e. The average molecular weight is 323 g/mol. The number of para-hydroxylation sites is 1. The molecule has 0 spiro atoms. The number of fused-ring (bicyclic) bond motifs is 1. The minimum atomic E-state index is 0.255. The van der Waals surface area contributed by atoms with Gasteiger partial charge in [0, 0.05) is 18.7 Å². The highest BCUT2D eigenvalue weighted by atomic mass is 16.3. The highest BCUT2D eigenvalue weighted by Gasteiger charge is 2.26. The number of phenols is 1. The van der Waals surface area contributed by atoms with E-state index in [1.165, 1.54) is 36.9 Å². The van der Waals surface area contributed by atoms with Gasteiger partial charge >= 0.3 is 0 Å². The van der Waals surface area contributed by atoms with Crippen molar-refractivity contribution in [3.8, 4) is 17.1 Å². The molecule has 0 amide bonds. The number of anilines is 1. The molecule has 0 bridgehead atoms. The Balaban J connectivity index is 1.83. The van der Waals surface area contributed by atoms with Gasteiger partial charge in [0.2, 0.25) is 0 Å². The summed E-state index contributed by atoms with van der Waals surface area (Å²) in [5, 5.41) is 10.2. The number of piperidine rings is 1. The molecule has 1 atom stereocenters. The van der Waals surface area contributed by atoms with Crippen LogP contribution >= 0.6 is 0 Å². The molecule has 4 rings (SSSR count). The summed E-state index contributed by atoms with van der Waals surface area (Å²) in [5.74, 6) is 2.70. The first-order valence-corrected chi connectivity index (χ1v) is 9.15. The number of nitrogens with zero attached hydrogens (tertiary/aromatic N) is 3. The lowest BCUT2D eigenvalue weighted by molar-refractivity contribution is 0.475. The molecule has 1 aliphatic heterocycles. The van der Waals surface area contributed by atoms with Gasteiger partial charge in [0.25, 0.3) is 0 Å². The van der Waals surface area contributed by atoms with Crippen molar-refractivity contribution in [2.45, 2.75) is 45.4 Å². The first kappa shape index (κ1) is 15.4.